The van der Waals surface area contributed by atoms with E-state index in [0.717, 1.165) is 43.6 Å². The molecule has 0 unspecified atom stereocenters. The molecule has 0 amide bonds. The molecule has 0 spiro atoms. The molecule has 108 valence electrons. The Hall–Kier alpha value is -1.41. The number of nitrogens with two attached hydrogens (primary N) is 1. The summed E-state index contributed by atoms with van der Waals surface area (Å²) in [6.45, 7) is 3.25. The van der Waals surface area contributed by atoms with Gasteiger partial charge in [-0.2, -0.15) is 0 Å². The Morgan fingerprint density at radius 3 is 2.75 bits per heavy atom. The van der Waals surface area contributed by atoms with Gasteiger partial charge in [0.05, 0.1) is 6.54 Å². The summed E-state index contributed by atoms with van der Waals surface area (Å²) in [4.78, 5) is 2.33. The Balaban J connectivity index is 2.05. The lowest BCUT2D eigenvalue weighted by Crippen LogP contribution is -2.34. The summed E-state index contributed by atoms with van der Waals surface area (Å²) in [5.74, 6) is 5.88. The van der Waals surface area contributed by atoms with Crippen LogP contribution in [0.15, 0.2) is 18.2 Å². The first-order valence-electron chi connectivity index (χ1n) is 7.03. The fourth-order valence-corrected chi connectivity index (χ4v) is 2.52. The minimum Gasteiger partial charge on any atom is -0.396 e. The van der Waals surface area contributed by atoms with E-state index in [4.69, 9.17) is 10.8 Å². The molecule has 0 atom stereocenters. The van der Waals surface area contributed by atoms with Gasteiger partial charge in [-0.3, -0.25) is 4.90 Å². The zero-order chi connectivity index (χ0) is 14.4. The number of hydrogen-bond donors (Lipinski definition) is 2. The van der Waals surface area contributed by atoms with E-state index < -0.39 is 0 Å². The Bertz CT molecular complexity index is 499. The van der Waals surface area contributed by atoms with Crippen molar-refractivity contribution in [3.8, 4) is 11.8 Å². The second-order valence-corrected chi connectivity index (χ2v) is 5.21. The minimum atomic E-state index is -0.269. The van der Waals surface area contributed by atoms with Gasteiger partial charge in [-0.15, -0.1) is 0 Å². The molecule has 1 heterocycles. The second-order valence-electron chi connectivity index (χ2n) is 5.21. The normalized spacial score (nSPS) is 16.8. The molecule has 0 bridgehead atoms. The number of hydrogen-bond acceptors (Lipinski definition) is 3. The highest BCUT2D eigenvalue weighted by Crippen LogP contribution is 2.20. The van der Waals surface area contributed by atoms with Gasteiger partial charge in [-0.1, -0.05) is 17.9 Å². The summed E-state index contributed by atoms with van der Waals surface area (Å²) in [6, 6.07) is 4.75. The third-order valence-electron chi connectivity index (χ3n) is 3.76. The van der Waals surface area contributed by atoms with Crippen molar-refractivity contribution in [2.75, 3.05) is 26.2 Å². The van der Waals surface area contributed by atoms with E-state index in [1.807, 2.05) is 0 Å². The van der Waals surface area contributed by atoms with E-state index in [-0.39, 0.29) is 19.0 Å². The first kappa shape index (κ1) is 15.0. The van der Waals surface area contributed by atoms with Crippen LogP contribution in [-0.2, 0) is 6.54 Å². The fraction of sp³-hybridized carbons (Fsp3) is 0.500. The molecule has 0 saturated carbocycles. The topological polar surface area (TPSA) is 49.5 Å². The lowest BCUT2D eigenvalue weighted by atomic mass is 9.97. The van der Waals surface area contributed by atoms with Crippen LogP contribution in [0.4, 0.5) is 4.39 Å². The minimum absolute atomic E-state index is 0.269. The highest BCUT2D eigenvalue weighted by molar-refractivity contribution is 5.41. The Labute approximate surface area is 119 Å². The molecule has 3 N–H and O–H groups in total. The largest absolute Gasteiger partial charge is 0.396 e. The van der Waals surface area contributed by atoms with Gasteiger partial charge in [0, 0.05) is 18.7 Å². The van der Waals surface area contributed by atoms with Crippen LogP contribution in [0.2, 0.25) is 0 Å². The SMILES string of the molecule is NCC#Cc1cc(F)ccc1CN1CCC(CO)CC1. The third-order valence-corrected chi connectivity index (χ3v) is 3.76. The monoisotopic (exact) mass is 276 g/mol. The van der Waals surface area contributed by atoms with Gasteiger partial charge >= 0.3 is 0 Å². The van der Waals surface area contributed by atoms with Crippen molar-refractivity contribution in [2.24, 2.45) is 11.7 Å². The van der Waals surface area contributed by atoms with Gasteiger partial charge < -0.3 is 10.8 Å². The van der Waals surface area contributed by atoms with Gasteiger partial charge in [-0.05, 0) is 49.5 Å². The first-order valence-corrected chi connectivity index (χ1v) is 7.03. The van der Waals surface area contributed by atoms with Crippen molar-refractivity contribution >= 4 is 0 Å². The molecule has 0 aliphatic carbocycles. The van der Waals surface area contributed by atoms with E-state index in [1.54, 1.807) is 6.07 Å². The fourth-order valence-electron chi connectivity index (χ4n) is 2.52. The quantitative estimate of drug-likeness (QED) is 0.819. The molecule has 20 heavy (non-hydrogen) atoms. The zero-order valence-electron chi connectivity index (χ0n) is 11.6. The number of piperidine rings is 1. The summed E-state index contributed by atoms with van der Waals surface area (Å²) >= 11 is 0. The molecule has 1 aliphatic rings. The summed E-state index contributed by atoms with van der Waals surface area (Å²) in [7, 11) is 0. The van der Waals surface area contributed by atoms with Crippen LogP contribution in [0, 0.1) is 23.6 Å². The Morgan fingerprint density at radius 1 is 1.35 bits per heavy atom. The molecular formula is C16H21FN2O. The molecule has 3 nitrogen and oxygen atoms in total. The zero-order valence-corrected chi connectivity index (χ0v) is 11.6. The number of rotatable bonds is 3. The maximum Gasteiger partial charge on any atom is 0.124 e. The van der Waals surface area contributed by atoms with E-state index in [2.05, 4.69) is 16.7 Å². The highest BCUT2D eigenvalue weighted by atomic mass is 19.1. The average Bonchev–Trinajstić information content (AvgIpc) is 2.48. The van der Waals surface area contributed by atoms with E-state index in [1.165, 1.54) is 12.1 Å². The summed E-state index contributed by atoms with van der Waals surface area (Å²) in [5, 5.41) is 9.15. The Morgan fingerprint density at radius 2 is 2.10 bits per heavy atom. The van der Waals surface area contributed by atoms with E-state index in [0.29, 0.717) is 5.92 Å². The van der Waals surface area contributed by atoms with Crippen molar-refractivity contribution in [1.29, 1.82) is 0 Å². The van der Waals surface area contributed by atoms with Crippen molar-refractivity contribution < 1.29 is 9.50 Å². The van der Waals surface area contributed by atoms with Crippen molar-refractivity contribution in [3.05, 3.63) is 35.1 Å². The molecule has 1 aromatic carbocycles. The van der Waals surface area contributed by atoms with Crippen LogP contribution < -0.4 is 5.73 Å². The standard InChI is InChI=1S/C16H21FN2O/c17-16-4-3-15(14(10-16)2-1-7-18)11-19-8-5-13(12-20)6-9-19/h3-4,10,13,20H,5-9,11-12,18H2. The molecule has 4 heteroatoms. The van der Waals surface area contributed by atoms with Gasteiger partial charge in [-0.25, -0.2) is 4.39 Å². The predicted molar refractivity (Wildman–Crippen MR) is 77.4 cm³/mol. The number of aliphatic hydroxyl groups is 1. The average molecular weight is 276 g/mol. The molecular weight excluding hydrogens is 255 g/mol. The van der Waals surface area contributed by atoms with Crippen LogP contribution >= 0.6 is 0 Å². The van der Waals surface area contributed by atoms with Crippen LogP contribution in [0.1, 0.15) is 24.0 Å². The van der Waals surface area contributed by atoms with Crippen LogP contribution in [0.25, 0.3) is 0 Å². The maximum absolute atomic E-state index is 13.3. The summed E-state index contributed by atoms with van der Waals surface area (Å²) < 4.78 is 13.3. The van der Waals surface area contributed by atoms with Crippen molar-refractivity contribution in [1.82, 2.24) is 4.90 Å². The third kappa shape index (κ3) is 4.04. The summed E-state index contributed by atoms with van der Waals surface area (Å²) in [5.41, 5.74) is 7.14. The molecule has 1 fully saturated rings. The van der Waals surface area contributed by atoms with Crippen molar-refractivity contribution in [3.63, 3.8) is 0 Å². The molecule has 2 rings (SSSR count). The molecule has 1 aromatic rings. The van der Waals surface area contributed by atoms with Gasteiger partial charge in [0.1, 0.15) is 5.82 Å². The number of halogens is 1. The highest BCUT2D eigenvalue weighted by Gasteiger charge is 2.19. The van der Waals surface area contributed by atoms with Gasteiger partial charge in [0.15, 0.2) is 0 Å². The van der Waals surface area contributed by atoms with Gasteiger partial charge in [0.2, 0.25) is 0 Å². The number of nitrogens with zero attached hydrogens (tertiary/aromatic N) is 1. The molecule has 0 aromatic heterocycles. The van der Waals surface area contributed by atoms with Crippen LogP contribution in [0.3, 0.4) is 0 Å². The van der Waals surface area contributed by atoms with Crippen LogP contribution in [-0.4, -0.2) is 36.2 Å². The summed E-state index contributed by atoms with van der Waals surface area (Å²) in [6.07, 6.45) is 2.03. The first-order chi connectivity index (χ1) is 9.72. The number of benzene rings is 1. The molecule has 1 saturated heterocycles. The number of aliphatic hydroxyl groups excluding tert-OH is 1. The number of likely N-dealkylation sites (tertiary alicyclic amines) is 1. The lowest BCUT2D eigenvalue weighted by Gasteiger charge is -2.31. The predicted octanol–water partition coefficient (Wildman–Crippen LogP) is 1.34. The molecule has 1 aliphatic heterocycles. The second kappa shape index (κ2) is 7.39. The Kier molecular flexibility index (Phi) is 5.54. The molecule has 0 radical (unpaired) electrons. The smallest absolute Gasteiger partial charge is 0.124 e. The van der Waals surface area contributed by atoms with E-state index in [9.17, 15) is 4.39 Å². The lowest BCUT2D eigenvalue weighted by molar-refractivity contribution is 0.127. The van der Waals surface area contributed by atoms with Gasteiger partial charge in [0.25, 0.3) is 0 Å². The van der Waals surface area contributed by atoms with Crippen molar-refractivity contribution in [2.45, 2.75) is 19.4 Å². The van der Waals surface area contributed by atoms with Crippen LogP contribution in [0.5, 0.6) is 0 Å². The maximum atomic E-state index is 13.3. The van der Waals surface area contributed by atoms with E-state index >= 15 is 0 Å².